The number of fused-ring (bicyclic) bond motifs is 1. The number of likely N-dealkylation sites (N-methyl/N-ethyl adjacent to an activating group) is 1. The largest absolute Gasteiger partial charge is 0.381 e. The van der Waals surface area contributed by atoms with Crippen LogP contribution in [0.25, 0.3) is 0 Å². The van der Waals surface area contributed by atoms with Crippen LogP contribution in [0.5, 0.6) is 0 Å². The number of carbonyl (C=O) groups is 4. The molecule has 35 heteroatoms. The van der Waals surface area contributed by atoms with Crippen LogP contribution in [0.2, 0.25) is 20.1 Å². The van der Waals surface area contributed by atoms with E-state index in [9.17, 15) is 19.2 Å². The minimum Gasteiger partial charge on any atom is -0.381 e. The lowest BCUT2D eigenvalue weighted by atomic mass is 9.84. The van der Waals surface area contributed by atoms with E-state index in [0.717, 1.165) is 297 Å². The summed E-state index contributed by atoms with van der Waals surface area (Å²) in [6, 6.07) is 32.5. The number of nitrogens with one attached hydrogen (secondary N) is 4. The van der Waals surface area contributed by atoms with Gasteiger partial charge >= 0.3 is 24.1 Å². The van der Waals surface area contributed by atoms with Crippen molar-refractivity contribution >= 4 is 117 Å². The van der Waals surface area contributed by atoms with Crippen molar-refractivity contribution in [3.05, 3.63) is 213 Å². The van der Waals surface area contributed by atoms with Gasteiger partial charge < -0.3 is 74.8 Å². The molecule has 13 aliphatic heterocycles. The van der Waals surface area contributed by atoms with Crippen LogP contribution >= 0.6 is 46.4 Å². The highest BCUT2D eigenvalue weighted by atomic mass is 35.5. The first-order chi connectivity index (χ1) is 69.1. The van der Waals surface area contributed by atoms with Crippen LogP contribution in [-0.4, -0.2) is 306 Å². The summed E-state index contributed by atoms with van der Waals surface area (Å²) in [4.78, 5) is 83.2. The third-order valence-electron chi connectivity index (χ3n) is 32.5. The van der Waals surface area contributed by atoms with Crippen LogP contribution in [0.15, 0.2) is 171 Å². The van der Waals surface area contributed by atoms with Crippen molar-refractivity contribution in [1.29, 1.82) is 0 Å². The molecule has 13 fully saturated rings. The normalized spacial score (nSPS) is 21.6. The third-order valence-corrected chi connectivity index (χ3v) is 33.4. The topological polar surface area (TPSA) is 248 Å². The Kier molecular flexibility index (Phi) is 33.0. The smallest absolute Gasteiger partial charge is 0.344 e. The van der Waals surface area contributed by atoms with Crippen LogP contribution < -0.4 is 40.9 Å². The minimum atomic E-state index is -0.0635. The summed E-state index contributed by atoms with van der Waals surface area (Å²) in [6.07, 6.45) is 26.9. The number of benzene rings is 4. The Morgan fingerprint density at radius 2 is 0.594 bits per heavy atom. The molecule has 4 amide bonds. The van der Waals surface area contributed by atoms with E-state index >= 15 is 0 Å². The summed E-state index contributed by atoms with van der Waals surface area (Å²) in [5, 5.41) is 33.0. The van der Waals surface area contributed by atoms with Crippen molar-refractivity contribution in [1.82, 2.24) is 83.2 Å². The molecule has 0 saturated carbocycles. The molecule has 13 saturated heterocycles. The Labute approximate surface area is 864 Å². The molecule has 0 aliphatic carbocycles. The van der Waals surface area contributed by atoms with Gasteiger partial charge in [-0.25, -0.2) is 19.2 Å². The van der Waals surface area contributed by atoms with Crippen molar-refractivity contribution in [3.63, 3.8) is 0 Å². The maximum Gasteiger partial charge on any atom is 0.344 e. The summed E-state index contributed by atoms with van der Waals surface area (Å²) in [6.45, 7) is 54.0. The summed E-state index contributed by atoms with van der Waals surface area (Å²) in [7, 11) is 0. The first-order valence-electron chi connectivity index (χ1n) is 52.3. The van der Waals surface area contributed by atoms with E-state index in [1.165, 1.54) is 128 Å². The number of carbonyl (C=O) groups excluding carboxylic acids is 4. The average molecular weight is 2030 g/mol. The highest BCUT2D eigenvalue weighted by Crippen LogP contribution is 2.48. The van der Waals surface area contributed by atoms with Crippen molar-refractivity contribution in [2.45, 2.75) is 199 Å². The molecule has 768 valence electrons. The molecule has 143 heavy (non-hydrogen) atoms. The quantitative estimate of drug-likeness (QED) is 0.0522. The zero-order valence-electron chi connectivity index (χ0n) is 84.5. The molecule has 17 heterocycles. The Balaban J connectivity index is 0.000000126. The predicted molar refractivity (Wildman–Crippen MR) is 573 cm³/mol. The highest BCUT2D eigenvalue weighted by molar-refractivity contribution is 6.32. The number of piperazine rings is 1. The zero-order valence-corrected chi connectivity index (χ0v) is 87.6. The van der Waals surface area contributed by atoms with Gasteiger partial charge in [-0.05, 0) is 247 Å². The van der Waals surface area contributed by atoms with Gasteiger partial charge in [-0.3, -0.25) is 19.6 Å². The summed E-state index contributed by atoms with van der Waals surface area (Å²) in [5.74, 6) is 3.84. The van der Waals surface area contributed by atoms with Crippen LogP contribution in [0.4, 0.5) is 65.2 Å². The number of amides is 4. The number of nitrogens with zero attached hydrogens (tertiary/aromatic N) is 21. The fourth-order valence-electron chi connectivity index (χ4n) is 24.8. The number of rotatable bonds is 21. The van der Waals surface area contributed by atoms with Crippen LogP contribution in [0.3, 0.4) is 0 Å². The van der Waals surface area contributed by atoms with Gasteiger partial charge in [0, 0.05) is 293 Å². The van der Waals surface area contributed by atoms with E-state index in [0.29, 0.717) is 35.1 Å². The van der Waals surface area contributed by atoms with Gasteiger partial charge in [-0.1, -0.05) is 104 Å². The van der Waals surface area contributed by atoms with Crippen LogP contribution in [-0.2, 0) is 35.7 Å². The molecule has 21 rings (SSSR count). The summed E-state index contributed by atoms with van der Waals surface area (Å²) in [5.41, 5.74) is 14.4. The molecule has 4 spiro atoms. The molecule has 2 unspecified atom stereocenters. The molecular formula is C108H147Cl4N25O6. The average Bonchev–Trinajstić information content (AvgIpc) is 1.57. The molecule has 13 aliphatic rings. The second-order valence-electron chi connectivity index (χ2n) is 42.0. The van der Waals surface area contributed by atoms with E-state index in [2.05, 4.69) is 168 Å². The Morgan fingerprint density at radius 1 is 0.329 bits per heavy atom. The maximum atomic E-state index is 13.1. The Morgan fingerprint density at radius 3 is 0.867 bits per heavy atom. The van der Waals surface area contributed by atoms with Gasteiger partial charge in [-0.2, -0.15) is 18.7 Å². The first-order valence-corrected chi connectivity index (χ1v) is 53.8. The van der Waals surface area contributed by atoms with E-state index in [1.807, 2.05) is 77.6 Å². The molecular weight excluding hydrogens is 1890 g/mol. The SMILES string of the molecule is C=C(C)Nc1ccn(C(=O)N2CCC3(CCCN3Cc3ccc(Cl)cc3N3CC4COCC4C3)CC2)n1.C=C(C)Nc1ccn(C(=O)N2CCC3(CCCN3Cc3ccc(Cl)cc3N3CCCC3)CC2)n1.C=C(C)Nc1ccn(C(=O)N2CCC3(CCCN3Cc3ccc(Cl)cc3N3CCN(CC)CC3)CC2)n1.C=C(C)Nc1ccn(C(=O)N2CCC3(CCCN3Cc3ccc(Cl)cc3N3CCOCC3)CC2)n1. The third kappa shape index (κ3) is 24.2. The van der Waals surface area contributed by atoms with E-state index in [1.54, 1.807) is 43.0 Å². The number of anilines is 8. The van der Waals surface area contributed by atoms with E-state index in [-0.39, 0.29) is 46.3 Å². The number of ether oxygens (including phenoxy) is 2. The summed E-state index contributed by atoms with van der Waals surface area (Å²) >= 11 is 25.7. The number of morpholine rings is 1. The molecule has 31 nitrogen and oxygen atoms in total. The van der Waals surface area contributed by atoms with Crippen molar-refractivity contribution in [2.24, 2.45) is 11.8 Å². The number of piperidine rings is 4. The molecule has 4 N–H and O–H groups in total. The lowest BCUT2D eigenvalue weighted by Gasteiger charge is -2.45. The van der Waals surface area contributed by atoms with E-state index < -0.39 is 0 Å². The predicted octanol–water partition coefficient (Wildman–Crippen LogP) is 19.0. The minimum absolute atomic E-state index is 0.0526. The fourth-order valence-corrected chi connectivity index (χ4v) is 25.4. The number of halogens is 4. The molecule has 2 atom stereocenters. The van der Waals surface area contributed by atoms with Gasteiger partial charge in [0.2, 0.25) is 0 Å². The van der Waals surface area contributed by atoms with Gasteiger partial charge in [0.25, 0.3) is 0 Å². The number of likely N-dealkylation sites (tertiary alicyclic amines) is 8. The number of allylic oxidation sites excluding steroid dienone is 4. The molecule has 4 aromatic carbocycles. The van der Waals surface area contributed by atoms with Crippen molar-refractivity contribution in [2.75, 3.05) is 218 Å². The standard InChI is InChI=1S/C28H40ClN7O.C28H37ClN6O2.C26H35ClN6O2.C26H35ClN6O/c1-4-32-16-18-33(19-17-32)25-20-24(29)7-6-23(25)21-35-12-5-9-28(35)10-14-34(15-11-28)27(37)36-13-8-26(31-36)30-22(2)3;1-20(2)30-26-6-11-35(31-26)27(36)32-12-8-28(9-13-32)7-3-10-34(28)17-21-4-5-24(29)14-25(21)33-15-22-18-37-19-23(22)16-33;1-20(2)28-24-6-11-33(29-24)25(34)31-12-8-26(9-13-31)7-3-10-32(26)19-21-4-5-22(27)18-23(21)30-14-16-35-17-15-30;1-20(2)28-24-8-15-33(29-24)25(34)31-16-10-26(11-17-31)9-5-14-32(26)19-21-6-7-22(27)18-23(21)30-12-3-4-13-30/h6-8,13,20H,2,4-5,9-12,14-19,21H2,1,3H3,(H,30,31);4-6,11,14,22-23H,1,3,7-10,12-13,15-19H2,2H3,(H,30,31);4-6,11,18H,1,3,7-10,12-17,19H2,2H3,(H,28,29);6-8,15,18H,1,3-5,9-14,16-17,19H2,2H3,(H,28,29). The maximum absolute atomic E-state index is 13.1. The monoisotopic (exact) mass is 2030 g/mol. The molecule has 0 radical (unpaired) electrons. The van der Waals surface area contributed by atoms with Gasteiger partial charge in [0.1, 0.15) is 0 Å². The second-order valence-corrected chi connectivity index (χ2v) is 43.8. The first kappa shape index (κ1) is 103. The lowest BCUT2D eigenvalue weighted by Crippen LogP contribution is -2.53. The molecule has 4 aromatic heterocycles. The fraction of sp³-hybridized carbons (Fsp3) is 0.556. The van der Waals surface area contributed by atoms with Gasteiger partial charge in [0.15, 0.2) is 23.3 Å². The highest BCUT2D eigenvalue weighted by Gasteiger charge is 2.50. The Hall–Kier alpha value is -10.2. The molecule has 0 bridgehead atoms. The van der Waals surface area contributed by atoms with E-state index in [4.69, 9.17) is 55.9 Å². The Bertz CT molecular complexity index is 5790. The van der Waals surface area contributed by atoms with Crippen LogP contribution in [0, 0.1) is 11.8 Å². The second kappa shape index (κ2) is 45.9. The molecule has 8 aromatic rings. The van der Waals surface area contributed by atoms with Crippen molar-refractivity contribution < 1.29 is 28.7 Å². The van der Waals surface area contributed by atoms with Crippen LogP contribution in [0.1, 0.15) is 172 Å². The lowest BCUT2D eigenvalue weighted by molar-refractivity contribution is 0.0583. The number of hydrogen-bond acceptors (Lipinski definition) is 23. The van der Waals surface area contributed by atoms with Gasteiger partial charge in [-0.15, -0.1) is 20.4 Å². The number of hydrogen-bond donors (Lipinski definition) is 4. The summed E-state index contributed by atoms with van der Waals surface area (Å²) < 4.78 is 17.0. The van der Waals surface area contributed by atoms with Gasteiger partial charge in [0.05, 0.1) is 26.4 Å². The van der Waals surface area contributed by atoms with Crippen molar-refractivity contribution in [3.8, 4) is 0 Å². The number of aromatic nitrogens is 8. The zero-order chi connectivity index (χ0) is 99.7.